The van der Waals surface area contributed by atoms with Crippen molar-refractivity contribution in [2.45, 2.75) is 13.0 Å². The second-order valence-corrected chi connectivity index (χ2v) is 4.18. The van der Waals surface area contributed by atoms with Crippen molar-refractivity contribution in [3.05, 3.63) is 59.1 Å². The Morgan fingerprint density at radius 3 is 2.41 bits per heavy atom. The van der Waals surface area contributed by atoms with Crippen molar-refractivity contribution in [3.63, 3.8) is 0 Å². The summed E-state index contributed by atoms with van der Waals surface area (Å²) >= 11 is 5.98. The van der Waals surface area contributed by atoms with E-state index >= 15 is 0 Å². The fraction of sp³-hybridized carbons (Fsp3) is 0.143. The van der Waals surface area contributed by atoms with E-state index < -0.39 is 6.10 Å². The number of ether oxygens (including phenoxy) is 1. The molecule has 88 valence electrons. The standard InChI is InChI=1S/C14H13ClO2/c1-10(16)13-9-12(7-8-14(13)15)17-11-5-3-2-4-6-11/h2-10,16H,1H3. The lowest BCUT2D eigenvalue weighted by atomic mass is 10.1. The van der Waals surface area contributed by atoms with E-state index in [9.17, 15) is 5.11 Å². The number of hydrogen-bond acceptors (Lipinski definition) is 2. The predicted octanol–water partition coefficient (Wildman–Crippen LogP) is 4.19. The largest absolute Gasteiger partial charge is 0.457 e. The number of hydrogen-bond donors (Lipinski definition) is 1. The molecule has 0 saturated carbocycles. The lowest BCUT2D eigenvalue weighted by molar-refractivity contribution is 0.199. The van der Waals surface area contributed by atoms with Gasteiger partial charge in [-0.25, -0.2) is 0 Å². The molecule has 0 bridgehead atoms. The van der Waals surface area contributed by atoms with Gasteiger partial charge < -0.3 is 9.84 Å². The Hall–Kier alpha value is -1.51. The van der Waals surface area contributed by atoms with Gasteiger partial charge in [0.2, 0.25) is 0 Å². The summed E-state index contributed by atoms with van der Waals surface area (Å²) in [7, 11) is 0. The van der Waals surface area contributed by atoms with Crippen LogP contribution in [-0.2, 0) is 0 Å². The monoisotopic (exact) mass is 248 g/mol. The van der Waals surface area contributed by atoms with E-state index in [2.05, 4.69) is 0 Å². The van der Waals surface area contributed by atoms with Crippen LogP contribution in [0.15, 0.2) is 48.5 Å². The Kier molecular flexibility index (Phi) is 3.67. The molecule has 0 saturated heterocycles. The Labute approximate surface area is 105 Å². The van der Waals surface area contributed by atoms with Gasteiger partial charge in [-0.2, -0.15) is 0 Å². The summed E-state index contributed by atoms with van der Waals surface area (Å²) in [6, 6.07) is 14.7. The Bertz CT molecular complexity index is 495. The third kappa shape index (κ3) is 2.99. The molecule has 0 fully saturated rings. The van der Waals surface area contributed by atoms with Gasteiger partial charge in [0.05, 0.1) is 6.10 Å². The highest BCUT2D eigenvalue weighted by atomic mass is 35.5. The zero-order valence-corrected chi connectivity index (χ0v) is 10.2. The van der Waals surface area contributed by atoms with Crippen LogP contribution in [0.25, 0.3) is 0 Å². The van der Waals surface area contributed by atoms with Gasteiger partial charge in [0.1, 0.15) is 11.5 Å². The maximum Gasteiger partial charge on any atom is 0.127 e. The van der Waals surface area contributed by atoms with Crippen molar-refractivity contribution in [1.82, 2.24) is 0 Å². The van der Waals surface area contributed by atoms with Crippen molar-refractivity contribution in [2.24, 2.45) is 0 Å². The molecule has 1 N–H and O–H groups in total. The highest BCUT2D eigenvalue weighted by molar-refractivity contribution is 6.31. The van der Waals surface area contributed by atoms with Crippen LogP contribution in [0.1, 0.15) is 18.6 Å². The van der Waals surface area contributed by atoms with E-state index in [1.807, 2.05) is 30.3 Å². The maximum atomic E-state index is 9.56. The van der Waals surface area contributed by atoms with Crippen molar-refractivity contribution in [3.8, 4) is 11.5 Å². The van der Waals surface area contributed by atoms with E-state index in [4.69, 9.17) is 16.3 Å². The number of para-hydroxylation sites is 1. The van der Waals surface area contributed by atoms with Gasteiger partial charge in [0.15, 0.2) is 0 Å². The zero-order chi connectivity index (χ0) is 12.3. The molecule has 0 aliphatic carbocycles. The fourth-order valence-corrected chi connectivity index (χ4v) is 1.81. The van der Waals surface area contributed by atoms with Crippen molar-refractivity contribution in [2.75, 3.05) is 0 Å². The van der Waals surface area contributed by atoms with Crippen molar-refractivity contribution in [1.29, 1.82) is 0 Å². The lowest BCUT2D eigenvalue weighted by Gasteiger charge is -2.11. The second kappa shape index (κ2) is 5.21. The normalized spacial score (nSPS) is 12.2. The van der Waals surface area contributed by atoms with Crippen LogP contribution in [0, 0.1) is 0 Å². The first-order valence-corrected chi connectivity index (χ1v) is 5.75. The number of halogens is 1. The minimum Gasteiger partial charge on any atom is -0.457 e. The van der Waals surface area contributed by atoms with Gasteiger partial charge in [0.25, 0.3) is 0 Å². The molecule has 2 aromatic rings. The smallest absolute Gasteiger partial charge is 0.127 e. The molecule has 17 heavy (non-hydrogen) atoms. The summed E-state index contributed by atoms with van der Waals surface area (Å²) in [6.45, 7) is 1.67. The number of rotatable bonds is 3. The molecule has 0 amide bonds. The van der Waals surface area contributed by atoms with Crippen LogP contribution in [-0.4, -0.2) is 5.11 Å². The molecule has 0 radical (unpaired) electrons. The first-order chi connectivity index (χ1) is 8.16. The highest BCUT2D eigenvalue weighted by Gasteiger charge is 2.08. The Morgan fingerprint density at radius 2 is 1.76 bits per heavy atom. The van der Waals surface area contributed by atoms with Crippen LogP contribution in [0.2, 0.25) is 5.02 Å². The second-order valence-electron chi connectivity index (χ2n) is 3.77. The molecule has 2 nitrogen and oxygen atoms in total. The van der Waals surface area contributed by atoms with Crippen molar-refractivity contribution < 1.29 is 9.84 Å². The first-order valence-electron chi connectivity index (χ1n) is 5.37. The van der Waals surface area contributed by atoms with Gasteiger partial charge in [0, 0.05) is 10.6 Å². The molecule has 2 rings (SSSR count). The molecule has 0 heterocycles. The van der Waals surface area contributed by atoms with E-state index in [-0.39, 0.29) is 0 Å². The zero-order valence-electron chi connectivity index (χ0n) is 9.43. The van der Waals surface area contributed by atoms with Crippen LogP contribution >= 0.6 is 11.6 Å². The van der Waals surface area contributed by atoms with Crippen LogP contribution < -0.4 is 4.74 Å². The quantitative estimate of drug-likeness (QED) is 0.883. The van der Waals surface area contributed by atoms with E-state index in [1.165, 1.54) is 0 Å². The average molecular weight is 249 g/mol. The molecule has 0 aromatic heterocycles. The molecule has 1 atom stereocenters. The number of aliphatic hydroxyl groups excluding tert-OH is 1. The Balaban J connectivity index is 2.26. The first kappa shape index (κ1) is 12.0. The van der Waals surface area contributed by atoms with Crippen molar-refractivity contribution >= 4 is 11.6 Å². The van der Waals surface area contributed by atoms with Crippen LogP contribution in [0.4, 0.5) is 0 Å². The summed E-state index contributed by atoms with van der Waals surface area (Å²) in [4.78, 5) is 0. The third-order valence-corrected chi connectivity index (χ3v) is 2.74. The molecule has 3 heteroatoms. The van der Waals surface area contributed by atoms with Crippen LogP contribution in [0.5, 0.6) is 11.5 Å². The van der Waals surface area contributed by atoms with Gasteiger partial charge in [-0.1, -0.05) is 29.8 Å². The molecular formula is C14H13ClO2. The van der Waals surface area contributed by atoms with Gasteiger partial charge in [-0.05, 0) is 37.3 Å². The molecule has 0 spiro atoms. The fourth-order valence-electron chi connectivity index (χ4n) is 1.53. The van der Waals surface area contributed by atoms with Gasteiger partial charge >= 0.3 is 0 Å². The van der Waals surface area contributed by atoms with Crippen LogP contribution in [0.3, 0.4) is 0 Å². The highest BCUT2D eigenvalue weighted by Crippen LogP contribution is 2.29. The number of benzene rings is 2. The van der Waals surface area contributed by atoms with E-state index in [0.29, 0.717) is 16.3 Å². The molecule has 2 aromatic carbocycles. The lowest BCUT2D eigenvalue weighted by Crippen LogP contribution is -1.93. The summed E-state index contributed by atoms with van der Waals surface area (Å²) in [5, 5.41) is 10.1. The SMILES string of the molecule is CC(O)c1cc(Oc2ccccc2)ccc1Cl. The molecule has 1 unspecified atom stereocenters. The maximum absolute atomic E-state index is 9.56. The summed E-state index contributed by atoms with van der Waals surface area (Å²) in [5.74, 6) is 1.42. The molecule has 0 aliphatic rings. The average Bonchev–Trinajstić information content (AvgIpc) is 2.32. The Morgan fingerprint density at radius 1 is 1.06 bits per heavy atom. The van der Waals surface area contributed by atoms with Gasteiger partial charge in [-0.15, -0.1) is 0 Å². The molecule has 0 aliphatic heterocycles. The predicted molar refractivity (Wildman–Crippen MR) is 68.6 cm³/mol. The van der Waals surface area contributed by atoms with E-state index in [0.717, 1.165) is 5.75 Å². The molecular weight excluding hydrogens is 236 g/mol. The summed E-state index contributed by atoms with van der Waals surface area (Å²) < 4.78 is 5.65. The minimum atomic E-state index is -0.609. The minimum absolute atomic E-state index is 0.542. The summed E-state index contributed by atoms with van der Waals surface area (Å²) in [6.07, 6.45) is -0.609. The third-order valence-electron chi connectivity index (χ3n) is 2.40. The van der Waals surface area contributed by atoms with Gasteiger partial charge in [-0.3, -0.25) is 0 Å². The number of aliphatic hydroxyl groups is 1. The summed E-state index contributed by atoms with van der Waals surface area (Å²) in [5.41, 5.74) is 0.667. The van der Waals surface area contributed by atoms with E-state index in [1.54, 1.807) is 25.1 Å². The topological polar surface area (TPSA) is 29.5 Å².